The van der Waals surface area contributed by atoms with Crippen LogP contribution in [0.5, 0.6) is 23.0 Å². The smallest absolute Gasteiger partial charge is 0.507 e. The van der Waals surface area contributed by atoms with Crippen LogP contribution in [0.15, 0.2) is 48.5 Å². The Labute approximate surface area is 282 Å². The van der Waals surface area contributed by atoms with Crippen LogP contribution in [-0.2, 0) is 42.6 Å². The number of nitrogens with zero attached hydrogens (tertiary/aromatic N) is 2. The van der Waals surface area contributed by atoms with E-state index >= 15 is 0 Å². The summed E-state index contributed by atoms with van der Waals surface area (Å²) in [6.07, 6.45) is 0. The molecule has 0 amide bonds. The van der Waals surface area contributed by atoms with Gasteiger partial charge in [-0.15, -0.1) is 0 Å². The first-order chi connectivity index (χ1) is 21.3. The fourth-order valence-electron chi connectivity index (χ4n) is 5.66. The van der Waals surface area contributed by atoms with E-state index in [1.54, 1.807) is 18.2 Å². The second-order valence-electron chi connectivity index (χ2n) is 10.5. The first-order valence-corrected chi connectivity index (χ1v) is 13.3. The molecule has 0 saturated carbocycles. The zero-order valence-electron chi connectivity index (χ0n) is 24.3. The number of hydrogen-bond acceptors (Lipinski definition) is 11. The Morgan fingerprint density at radius 2 is 1.07 bits per heavy atom. The van der Waals surface area contributed by atoms with Crippen molar-refractivity contribution in [2.75, 3.05) is 26.2 Å². The Bertz CT molecular complexity index is 1630. The van der Waals surface area contributed by atoms with Crippen molar-refractivity contribution in [3.63, 3.8) is 0 Å². The molecule has 3 aromatic rings. The normalized spacial score (nSPS) is 13.7. The molecule has 2 aliphatic heterocycles. The maximum Gasteiger partial charge on any atom is 1.00 e. The zero-order valence-corrected chi connectivity index (χ0v) is 26.3. The van der Waals surface area contributed by atoms with E-state index in [2.05, 4.69) is 0 Å². The van der Waals surface area contributed by atoms with Gasteiger partial charge in [-0.1, -0.05) is 18.2 Å². The molecule has 3 aromatic carbocycles. The van der Waals surface area contributed by atoms with Crippen LogP contribution in [0.1, 0.15) is 38.2 Å². The number of carboxylic acid groups (broad SMARTS) is 4. The number of esters is 1. The van der Waals surface area contributed by atoms with Gasteiger partial charge in [0.25, 0.3) is 0 Å². The number of carbonyl (C=O) groups excluding carboxylic acids is 1. The Morgan fingerprint density at radius 1 is 0.652 bits per heavy atom. The average Bonchev–Trinajstić information content (AvgIpc) is 3.22. The van der Waals surface area contributed by atoms with Crippen molar-refractivity contribution < 1.29 is 93.6 Å². The van der Waals surface area contributed by atoms with Gasteiger partial charge in [0.2, 0.25) is 0 Å². The van der Waals surface area contributed by atoms with Crippen LogP contribution in [0, 0.1) is 0 Å². The molecule has 0 atom stereocenters. The van der Waals surface area contributed by atoms with Gasteiger partial charge in [-0.2, -0.15) is 0 Å². The quantitative estimate of drug-likeness (QED) is 0.0984. The van der Waals surface area contributed by atoms with Gasteiger partial charge in [-0.3, -0.25) is 29.0 Å². The summed E-state index contributed by atoms with van der Waals surface area (Å²) in [6.45, 7) is -3.27. The molecule has 15 nitrogen and oxygen atoms in total. The number of aromatic hydroxyl groups is 2. The van der Waals surface area contributed by atoms with E-state index in [1.807, 2.05) is 0 Å². The van der Waals surface area contributed by atoms with Crippen LogP contribution >= 0.6 is 0 Å². The van der Waals surface area contributed by atoms with E-state index in [1.165, 1.54) is 30.3 Å². The van der Waals surface area contributed by atoms with Gasteiger partial charge >= 0.3 is 59.4 Å². The average molecular weight is 646 g/mol. The molecule has 0 bridgehead atoms. The Morgan fingerprint density at radius 3 is 1.48 bits per heavy atom. The summed E-state index contributed by atoms with van der Waals surface area (Å²) in [4.78, 5) is 61.0. The molecule has 0 aliphatic carbocycles. The largest absolute Gasteiger partial charge is 1.00 e. The first kappa shape index (κ1) is 34.2. The fourth-order valence-corrected chi connectivity index (χ4v) is 5.66. The first-order valence-electron chi connectivity index (χ1n) is 13.3. The molecule has 6 N–H and O–H groups in total. The minimum atomic E-state index is -1.75. The van der Waals surface area contributed by atoms with Gasteiger partial charge in [0.1, 0.15) is 23.0 Å². The molecule has 1 spiro atoms. The molecule has 46 heavy (non-hydrogen) atoms. The van der Waals surface area contributed by atoms with Gasteiger partial charge in [-0.25, -0.2) is 4.79 Å². The van der Waals surface area contributed by atoms with Crippen LogP contribution in [0.2, 0.25) is 0 Å². The van der Waals surface area contributed by atoms with Crippen molar-refractivity contribution in [1.29, 1.82) is 0 Å². The van der Waals surface area contributed by atoms with Gasteiger partial charge in [0, 0.05) is 53.0 Å². The summed E-state index contributed by atoms with van der Waals surface area (Å²) in [5, 5.41) is 59.0. The topological polar surface area (TPSA) is 232 Å². The van der Waals surface area contributed by atoms with Gasteiger partial charge in [0.15, 0.2) is 5.60 Å². The second kappa shape index (κ2) is 13.4. The van der Waals surface area contributed by atoms with E-state index in [0.717, 1.165) is 9.80 Å². The van der Waals surface area contributed by atoms with E-state index < -0.39 is 61.6 Å². The molecular weight excluding hydrogens is 619 g/mol. The standard InChI is InChI=1S/C30H26N2O13.Na/c33-21-7-23-19(5-15(21)9-31(11-25(35)36)12-26(37)38)30(18-4-2-1-3-17(18)29(43)45-30)20-6-16(22(34)8-24(20)44-23)10-32(13-27(39)40)14-28(41)42;/h1-8,33-34H,9-14H2,(H,35,36)(H,37,38)(H,39,40)(H,41,42);/q;+1. The molecule has 0 unspecified atom stereocenters. The number of phenols is 2. The maximum atomic E-state index is 13.3. The summed E-state index contributed by atoms with van der Waals surface area (Å²) < 4.78 is 12.1. The monoisotopic (exact) mass is 645 g/mol. The fraction of sp³-hybridized carbons (Fsp3) is 0.233. The van der Waals surface area contributed by atoms with E-state index in [0.29, 0.717) is 5.56 Å². The predicted octanol–water partition coefficient (Wildman–Crippen LogP) is -1.39. The number of carbonyl (C=O) groups is 5. The van der Waals surface area contributed by atoms with Crippen LogP contribution < -0.4 is 34.3 Å². The number of hydrogen-bond donors (Lipinski definition) is 6. The SMILES string of the molecule is O=C(O)CN(CC(=O)O)Cc1cc2c(cc1O)Oc1cc(O)c(CN(CC(=O)O)CC(=O)O)cc1C21OC(=O)c2ccccc21.[Na+]. The van der Waals surface area contributed by atoms with Crippen LogP contribution in [0.4, 0.5) is 0 Å². The molecule has 0 radical (unpaired) electrons. The Kier molecular flexibility index (Phi) is 9.94. The van der Waals surface area contributed by atoms with Crippen LogP contribution in [-0.4, -0.2) is 96.5 Å². The van der Waals surface area contributed by atoms with Crippen molar-refractivity contribution in [3.8, 4) is 23.0 Å². The van der Waals surface area contributed by atoms with Gasteiger partial charge in [0.05, 0.1) is 31.7 Å². The Balaban J connectivity index is 0.00000480. The number of fused-ring (bicyclic) bond motifs is 6. The third kappa shape index (κ3) is 6.63. The number of phenolic OH excluding ortho intramolecular Hbond substituents is 2. The van der Waals surface area contributed by atoms with Crippen molar-refractivity contribution in [2.24, 2.45) is 0 Å². The summed E-state index contributed by atoms with van der Waals surface area (Å²) >= 11 is 0. The molecule has 0 fully saturated rings. The van der Waals surface area contributed by atoms with E-state index in [4.69, 9.17) is 9.47 Å². The van der Waals surface area contributed by atoms with Gasteiger partial charge < -0.3 is 40.1 Å². The van der Waals surface area contributed by atoms with Gasteiger partial charge in [-0.05, 0) is 18.2 Å². The molecular formula is C30H26N2NaO13+. The molecule has 0 saturated heterocycles. The number of benzene rings is 3. The predicted molar refractivity (Wildman–Crippen MR) is 149 cm³/mol. The van der Waals surface area contributed by atoms with Crippen LogP contribution in [0.25, 0.3) is 0 Å². The molecule has 2 aliphatic rings. The summed E-state index contributed by atoms with van der Waals surface area (Å²) in [7, 11) is 0. The number of rotatable bonds is 12. The second-order valence-corrected chi connectivity index (χ2v) is 10.5. The molecule has 5 rings (SSSR count). The number of ether oxygens (including phenoxy) is 2. The summed E-state index contributed by atoms with van der Waals surface area (Å²) in [5.74, 6) is -6.62. The van der Waals surface area contributed by atoms with Crippen LogP contribution in [0.3, 0.4) is 0 Å². The third-order valence-electron chi connectivity index (χ3n) is 7.34. The Hall–Kier alpha value is -4.67. The minimum absolute atomic E-state index is 0. The molecule has 2 heterocycles. The molecule has 16 heteroatoms. The summed E-state index contributed by atoms with van der Waals surface area (Å²) in [6, 6.07) is 11.7. The van der Waals surface area contributed by atoms with Crippen molar-refractivity contribution in [2.45, 2.75) is 18.7 Å². The third-order valence-corrected chi connectivity index (χ3v) is 7.34. The molecule has 0 aromatic heterocycles. The van der Waals surface area contributed by atoms with Crippen molar-refractivity contribution in [3.05, 3.63) is 81.9 Å². The van der Waals surface area contributed by atoms with Crippen molar-refractivity contribution >= 4 is 29.8 Å². The van der Waals surface area contributed by atoms with Crippen molar-refractivity contribution in [1.82, 2.24) is 9.80 Å². The number of carboxylic acids is 4. The minimum Gasteiger partial charge on any atom is -0.507 e. The summed E-state index contributed by atoms with van der Waals surface area (Å²) in [5.41, 5.74) is -0.636. The van der Waals surface area contributed by atoms with E-state index in [9.17, 15) is 54.6 Å². The number of aliphatic carboxylic acids is 4. The molecule has 234 valence electrons. The van der Waals surface area contributed by atoms with E-state index in [-0.39, 0.29) is 93.5 Å². The maximum absolute atomic E-state index is 13.3. The zero-order chi connectivity index (χ0) is 32.6.